The first-order chi connectivity index (χ1) is 30.9. The molecule has 0 radical (unpaired) electrons. The van der Waals surface area contributed by atoms with Crippen LogP contribution in [0, 0.1) is 0 Å². The van der Waals surface area contributed by atoms with Crippen molar-refractivity contribution >= 4 is 68.2 Å². The number of nitrogen functional groups attached to an aromatic ring is 1. The fourth-order valence-electron chi connectivity index (χ4n) is 5.30. The van der Waals surface area contributed by atoms with Crippen LogP contribution in [0.4, 0.5) is 21.5 Å². The van der Waals surface area contributed by atoms with Crippen molar-refractivity contribution < 1.29 is 65.1 Å². The zero-order valence-corrected chi connectivity index (χ0v) is 36.1. The average Bonchev–Trinajstić information content (AvgIpc) is 3.63. The summed E-state index contributed by atoms with van der Waals surface area (Å²) in [5.41, 5.74) is 12.1. The number of carbonyl (C=O) groups excluding carboxylic acids is 1. The van der Waals surface area contributed by atoms with E-state index in [-0.39, 0.29) is 42.2 Å². The Kier molecular flexibility index (Phi) is 16.0. The Morgan fingerprint density at radius 2 is 1.31 bits per heavy atom. The second-order valence-corrected chi connectivity index (χ2v) is 13.1. The second kappa shape index (κ2) is 25.5. The Morgan fingerprint density at radius 1 is 0.776 bits per heavy atom. The first-order valence-electron chi connectivity index (χ1n) is 21.5. The standard InChI is InChI=1S/C22H19ClN2.C15H17ClN2.C7H6O.CH3F.Na.O3S.H/c1-15(2)18-10-6-7-11-20(18)25-21-13-12-17(23)14-19(21)24-22(25)16-8-4-3-5-9-16;1-10(2)12-5-3-4-6-14(12)18-15-8-7-11(16)9-13(15)17;8-6-7-4-2-1-3-5-7;1-2;;1-4(2)3;/h3-15H,1-2H3;3-10,18H,17H2,1-2H3;1-6H;1H3;;;/q;;;;+1;;-1/i15D;1D3,2D3,10D;;1D;;;. The Balaban J connectivity index is 0.000000512. The molecule has 0 saturated carbocycles. The molecule has 6 aromatic carbocycles. The number of hydrogen-bond acceptors (Lipinski definition) is 7. The normalized spacial score (nSPS) is 12.9. The fourth-order valence-corrected chi connectivity index (χ4v) is 5.65. The maximum absolute atomic E-state index is 10.0. The van der Waals surface area contributed by atoms with Gasteiger partial charge >= 0.3 is 40.2 Å². The van der Waals surface area contributed by atoms with Gasteiger partial charge in [-0.1, -0.05) is 148 Å². The van der Waals surface area contributed by atoms with Crippen LogP contribution in [0.5, 0.6) is 0 Å². The van der Waals surface area contributed by atoms with Gasteiger partial charge in [-0.3, -0.25) is 13.8 Å². The number of benzene rings is 6. The summed E-state index contributed by atoms with van der Waals surface area (Å²) in [7, 11) is -4.11. The first-order valence-corrected chi connectivity index (χ1v) is 18.5. The van der Waals surface area contributed by atoms with Crippen LogP contribution in [0.3, 0.4) is 0 Å². The number of para-hydroxylation sites is 2. The smallest absolute Gasteiger partial charge is 1.00 e. The summed E-state index contributed by atoms with van der Waals surface area (Å²) in [6, 6.07) is 43.6. The Morgan fingerprint density at radius 3 is 1.88 bits per heavy atom. The van der Waals surface area contributed by atoms with Crippen LogP contribution in [0.1, 0.15) is 74.6 Å². The Hall–Kier alpha value is -4.81. The van der Waals surface area contributed by atoms with Crippen molar-refractivity contribution in [3.63, 3.8) is 0 Å². The molecule has 298 valence electrons. The summed E-state index contributed by atoms with van der Waals surface area (Å²) in [6.07, 6.45) is 0.833. The van der Waals surface area contributed by atoms with E-state index in [1.807, 2.05) is 105 Å². The van der Waals surface area contributed by atoms with Gasteiger partial charge in [0.15, 0.2) is 0 Å². The number of nitrogens with one attached hydrogen (secondary N) is 1. The first kappa shape index (κ1) is 36.3. The summed E-state index contributed by atoms with van der Waals surface area (Å²) in [4.78, 5) is 14.9. The van der Waals surface area contributed by atoms with Crippen LogP contribution in [0.15, 0.2) is 146 Å². The molecule has 13 heteroatoms. The van der Waals surface area contributed by atoms with Gasteiger partial charge in [-0.05, 0) is 71.4 Å². The molecule has 0 bridgehead atoms. The van der Waals surface area contributed by atoms with Gasteiger partial charge < -0.3 is 12.5 Å². The van der Waals surface area contributed by atoms with Crippen molar-refractivity contribution in [1.29, 1.82) is 0 Å². The third-order valence-electron chi connectivity index (χ3n) is 7.75. The van der Waals surface area contributed by atoms with Crippen molar-refractivity contribution in [2.75, 3.05) is 18.2 Å². The number of rotatable bonds is 7. The van der Waals surface area contributed by atoms with Crippen LogP contribution in [-0.4, -0.2) is 35.6 Å². The van der Waals surface area contributed by atoms with E-state index in [0.29, 0.717) is 21.4 Å². The van der Waals surface area contributed by atoms with Gasteiger partial charge in [-0.15, -0.1) is 12.6 Å². The van der Waals surface area contributed by atoms with Gasteiger partial charge in [-0.25, -0.2) is 4.98 Å². The van der Waals surface area contributed by atoms with E-state index in [4.69, 9.17) is 58.9 Å². The Bertz CT molecular complexity index is 2790. The number of alkyl halides is 1. The third kappa shape index (κ3) is 14.8. The number of aromatic nitrogens is 2. The van der Waals surface area contributed by atoms with Crippen LogP contribution in [0.25, 0.3) is 28.1 Å². The van der Waals surface area contributed by atoms with Crippen molar-refractivity contribution in [3.8, 4) is 17.1 Å². The number of imidazole rings is 1. The van der Waals surface area contributed by atoms with E-state index in [9.17, 15) is 9.18 Å². The molecule has 0 unspecified atom stereocenters. The van der Waals surface area contributed by atoms with Gasteiger partial charge in [0, 0.05) is 37.8 Å². The van der Waals surface area contributed by atoms with Gasteiger partial charge in [0.25, 0.3) is 0 Å². The van der Waals surface area contributed by atoms with Gasteiger partial charge in [0.05, 0.1) is 36.6 Å². The third-order valence-corrected chi connectivity index (χ3v) is 8.22. The zero-order valence-electron chi connectivity index (χ0n) is 41.8. The molecule has 0 atom stereocenters. The summed E-state index contributed by atoms with van der Waals surface area (Å²) in [5, 5.41) is 4.00. The number of anilines is 3. The number of carbonyl (C=O) groups is 1. The average molecular weight is 861 g/mol. The van der Waals surface area contributed by atoms with Crippen LogP contribution in [-0.2, 0) is 10.6 Å². The van der Waals surface area contributed by atoms with E-state index in [2.05, 4.69) is 9.88 Å². The quantitative estimate of drug-likeness (QED) is 0.0930. The number of aldehydes is 1. The molecule has 0 aliphatic carbocycles. The molecule has 3 N–H and O–H groups in total. The van der Waals surface area contributed by atoms with E-state index in [0.717, 1.165) is 45.5 Å². The number of halogens is 3. The monoisotopic (exact) mass is 859 g/mol. The van der Waals surface area contributed by atoms with E-state index in [1.54, 1.807) is 30.3 Å². The number of hydrogen-bond donors (Lipinski definition) is 2. The Labute approximate surface area is 387 Å². The molecule has 0 spiro atoms. The van der Waals surface area contributed by atoms with Gasteiger partial charge in [0.2, 0.25) is 0 Å². The van der Waals surface area contributed by atoms with Crippen LogP contribution in [0.2, 0.25) is 10.0 Å². The molecule has 7 rings (SSSR count). The van der Waals surface area contributed by atoms with Crippen molar-refractivity contribution in [1.82, 2.24) is 9.55 Å². The maximum Gasteiger partial charge on any atom is 1.00 e. The zero-order chi connectivity index (χ0) is 49.5. The van der Waals surface area contributed by atoms with Gasteiger partial charge in [-0.2, -0.15) is 0 Å². The van der Waals surface area contributed by atoms with Crippen molar-refractivity contribution in [2.24, 2.45) is 0 Å². The van der Waals surface area contributed by atoms with E-state index < -0.39 is 43.3 Å². The largest absolute Gasteiger partial charge is 1.00 e. The molecule has 1 heterocycles. The number of nitrogens with two attached hydrogens (primary N) is 1. The minimum Gasteiger partial charge on any atom is -1.00 e. The SMILES string of the molecule is O=Cc1ccccc1.O=S(=O)=O.[2H]C(C)(C)c1ccccc1-n1c(-c2ccccc2)nc2cc(Cl)ccc21.[2H]C([2H])([2H])C([2H])(c1ccccc1Nc1ccc(Cl)cc1N)C([2H])([2H])[2H].[2H]CF.[H-].[Na+]. The van der Waals surface area contributed by atoms with Crippen molar-refractivity contribution in [3.05, 3.63) is 172 Å². The predicted molar refractivity (Wildman–Crippen MR) is 235 cm³/mol. The topological polar surface area (TPSA) is 124 Å². The van der Waals surface area contributed by atoms with Crippen LogP contribution >= 0.6 is 23.2 Å². The molecule has 0 amide bonds. The summed E-state index contributed by atoms with van der Waals surface area (Å²) in [5.74, 6) is -2.68. The fraction of sp³-hybridized carbons (Fsp3) is 0.156. The molecule has 0 aliphatic rings. The molecule has 0 fully saturated rings. The molecule has 58 heavy (non-hydrogen) atoms. The molecule has 8 nitrogen and oxygen atoms in total. The molecular weight excluding hydrogens is 805 g/mol. The number of fused-ring (bicyclic) bond motifs is 1. The number of nitrogens with zero attached hydrogens (tertiary/aromatic N) is 2. The predicted octanol–water partition coefficient (Wildman–Crippen LogP) is 9.46. The molecule has 7 aromatic rings. The van der Waals surface area contributed by atoms with E-state index in [1.165, 1.54) is 24.3 Å². The molecule has 0 aliphatic heterocycles. The van der Waals surface area contributed by atoms with Crippen molar-refractivity contribution in [2.45, 2.75) is 39.3 Å². The summed E-state index contributed by atoms with van der Waals surface area (Å²) >= 11 is 12.1. The summed E-state index contributed by atoms with van der Waals surface area (Å²) < 4.78 is 106. The minimum absolute atomic E-state index is 0. The maximum atomic E-state index is 10.0. The molecule has 0 saturated heterocycles. The molecule has 1 aromatic heterocycles. The molecular formula is C45H46Cl2FN4NaO4S. The van der Waals surface area contributed by atoms with Gasteiger partial charge in [0.1, 0.15) is 12.1 Å². The van der Waals surface area contributed by atoms with Crippen LogP contribution < -0.4 is 40.6 Å². The minimum atomic E-state index is -3.11. The second-order valence-electron chi connectivity index (χ2n) is 11.8. The summed E-state index contributed by atoms with van der Waals surface area (Å²) in [6.45, 7) is -2.32. The van der Waals surface area contributed by atoms with E-state index >= 15 is 0 Å².